The lowest BCUT2D eigenvalue weighted by Crippen LogP contribution is -2.57. The first-order valence-corrected chi connectivity index (χ1v) is 9.49. The van der Waals surface area contributed by atoms with Crippen molar-refractivity contribution in [2.45, 2.75) is 69.7 Å². The third kappa shape index (κ3) is 2.49. The van der Waals surface area contributed by atoms with Crippen LogP contribution in [0.4, 0.5) is 11.5 Å². The van der Waals surface area contributed by atoms with Crippen molar-refractivity contribution in [2.75, 3.05) is 23.3 Å². The molecule has 5 rings (SSSR count). The second kappa shape index (κ2) is 5.33. The predicted molar refractivity (Wildman–Crippen MR) is 95.4 cm³/mol. The van der Waals surface area contributed by atoms with Gasteiger partial charge < -0.3 is 20.7 Å². The van der Waals surface area contributed by atoms with E-state index in [0.717, 1.165) is 24.6 Å². The van der Waals surface area contributed by atoms with Crippen LogP contribution in [0.25, 0.3) is 0 Å². The van der Waals surface area contributed by atoms with Crippen LogP contribution < -0.4 is 16.0 Å². The summed E-state index contributed by atoms with van der Waals surface area (Å²) in [4.78, 5) is 7.27. The van der Waals surface area contributed by atoms with Gasteiger partial charge in [0.1, 0.15) is 5.82 Å². The highest BCUT2D eigenvalue weighted by Crippen LogP contribution is 2.55. The average molecular weight is 328 g/mol. The fraction of sp³-hybridized carbons (Fsp3) is 0.737. The number of nitrogens with one attached hydrogen (secondary N) is 1. The van der Waals surface area contributed by atoms with Crippen molar-refractivity contribution >= 4 is 11.5 Å². The van der Waals surface area contributed by atoms with E-state index in [1.54, 1.807) is 0 Å². The number of hydrogen-bond acceptors (Lipinski definition) is 5. The highest BCUT2D eigenvalue weighted by atomic mass is 16.5. The molecule has 2 aliphatic carbocycles. The fourth-order valence-electron chi connectivity index (χ4n) is 5.37. The van der Waals surface area contributed by atoms with Gasteiger partial charge in [0.05, 0.1) is 23.6 Å². The number of morpholine rings is 1. The van der Waals surface area contributed by atoms with Gasteiger partial charge in [0.25, 0.3) is 0 Å². The molecule has 1 aromatic heterocycles. The molecule has 2 aliphatic heterocycles. The Hall–Kier alpha value is -1.33. The van der Waals surface area contributed by atoms with Crippen LogP contribution in [0.1, 0.15) is 44.2 Å². The van der Waals surface area contributed by atoms with Crippen molar-refractivity contribution in [3.63, 3.8) is 0 Å². The Morgan fingerprint density at radius 2 is 1.88 bits per heavy atom. The summed E-state index contributed by atoms with van der Waals surface area (Å²) in [5.41, 5.74) is 8.83. The van der Waals surface area contributed by atoms with Gasteiger partial charge in [0, 0.05) is 25.2 Å². The van der Waals surface area contributed by atoms with Crippen molar-refractivity contribution in [2.24, 2.45) is 11.1 Å². The van der Waals surface area contributed by atoms with E-state index in [4.69, 9.17) is 15.5 Å². The molecule has 2 saturated heterocycles. The Labute approximate surface area is 144 Å². The van der Waals surface area contributed by atoms with Crippen LogP contribution >= 0.6 is 0 Å². The number of pyridine rings is 1. The molecule has 2 unspecified atom stereocenters. The quantitative estimate of drug-likeness (QED) is 0.892. The number of fused-ring (bicyclic) bond motifs is 2. The first-order chi connectivity index (χ1) is 11.6. The first kappa shape index (κ1) is 15.0. The maximum absolute atomic E-state index is 5.95. The van der Waals surface area contributed by atoms with Crippen molar-refractivity contribution < 1.29 is 4.74 Å². The number of aromatic nitrogens is 1. The summed E-state index contributed by atoms with van der Waals surface area (Å²) in [7, 11) is 0. The highest BCUT2D eigenvalue weighted by Gasteiger charge is 2.51. The summed E-state index contributed by atoms with van der Waals surface area (Å²) in [6.07, 6.45) is 8.21. The summed E-state index contributed by atoms with van der Waals surface area (Å²) >= 11 is 0. The molecule has 3 heterocycles. The van der Waals surface area contributed by atoms with E-state index in [2.05, 4.69) is 29.3 Å². The number of anilines is 2. The topological polar surface area (TPSA) is 63.4 Å². The van der Waals surface area contributed by atoms with Crippen LogP contribution in [0.15, 0.2) is 12.1 Å². The maximum atomic E-state index is 5.95. The molecule has 1 spiro atoms. The third-order valence-electron chi connectivity index (χ3n) is 6.55. The van der Waals surface area contributed by atoms with Crippen LogP contribution in [0.5, 0.6) is 0 Å². The van der Waals surface area contributed by atoms with Crippen molar-refractivity contribution in [1.82, 2.24) is 4.98 Å². The summed E-state index contributed by atoms with van der Waals surface area (Å²) < 4.78 is 5.93. The number of nitrogens with two attached hydrogens (primary N) is 1. The Bertz CT molecular complexity index is 622. The van der Waals surface area contributed by atoms with Crippen molar-refractivity contribution in [3.05, 3.63) is 17.8 Å². The lowest BCUT2D eigenvalue weighted by Gasteiger charge is -2.57. The average Bonchev–Trinajstić information content (AvgIpc) is 2.83. The standard InChI is InChI=1S/C19H28N4O/c1-12-17(22-14-8-19(9-14)6-13(20)7-19)4-5-18(21-12)23-10-15-2-3-16(11-23)24-15/h4-5,13-16,22H,2-3,6-11,20H2,1H3. The fourth-order valence-corrected chi connectivity index (χ4v) is 5.37. The molecule has 5 nitrogen and oxygen atoms in total. The van der Waals surface area contributed by atoms with E-state index in [1.807, 2.05) is 0 Å². The van der Waals surface area contributed by atoms with Gasteiger partial charge in [-0.05, 0) is 63.0 Å². The molecular weight excluding hydrogens is 300 g/mol. The number of aryl methyl sites for hydroxylation is 1. The van der Waals surface area contributed by atoms with E-state index in [9.17, 15) is 0 Å². The van der Waals surface area contributed by atoms with Crippen LogP contribution in [0.2, 0.25) is 0 Å². The van der Waals surface area contributed by atoms with Crippen LogP contribution in [0.3, 0.4) is 0 Å². The zero-order chi connectivity index (χ0) is 16.3. The van der Waals surface area contributed by atoms with Gasteiger partial charge in [-0.1, -0.05) is 0 Å². The molecule has 5 heteroatoms. The Balaban J connectivity index is 1.23. The normalized spacial score (nSPS) is 40.3. The number of nitrogens with zero attached hydrogens (tertiary/aromatic N) is 2. The highest BCUT2D eigenvalue weighted by molar-refractivity contribution is 5.55. The summed E-state index contributed by atoms with van der Waals surface area (Å²) in [6.45, 7) is 4.09. The summed E-state index contributed by atoms with van der Waals surface area (Å²) in [5.74, 6) is 1.10. The molecule has 2 saturated carbocycles. The molecule has 3 N–H and O–H groups in total. The molecule has 4 aliphatic rings. The molecule has 2 bridgehead atoms. The zero-order valence-corrected chi connectivity index (χ0v) is 14.5. The minimum Gasteiger partial charge on any atom is -0.381 e. The second-order valence-electron chi connectivity index (χ2n) is 8.58. The van der Waals surface area contributed by atoms with Gasteiger partial charge in [-0.25, -0.2) is 4.98 Å². The van der Waals surface area contributed by atoms with Gasteiger partial charge in [-0.2, -0.15) is 0 Å². The summed E-state index contributed by atoms with van der Waals surface area (Å²) in [5, 5.41) is 3.70. The largest absolute Gasteiger partial charge is 0.381 e. The van der Waals surface area contributed by atoms with E-state index in [-0.39, 0.29) is 0 Å². The molecule has 1 aromatic rings. The first-order valence-electron chi connectivity index (χ1n) is 9.49. The molecular formula is C19H28N4O. The predicted octanol–water partition coefficient (Wildman–Crippen LogP) is 2.44. The van der Waals surface area contributed by atoms with E-state index < -0.39 is 0 Å². The van der Waals surface area contributed by atoms with Crippen LogP contribution in [0, 0.1) is 12.3 Å². The van der Waals surface area contributed by atoms with Crippen LogP contribution in [-0.2, 0) is 4.74 Å². The van der Waals surface area contributed by atoms with E-state index in [1.165, 1.54) is 44.2 Å². The lowest BCUT2D eigenvalue weighted by atomic mass is 9.52. The van der Waals surface area contributed by atoms with Gasteiger partial charge in [-0.3, -0.25) is 0 Å². The van der Waals surface area contributed by atoms with E-state index >= 15 is 0 Å². The number of rotatable bonds is 3. The molecule has 0 amide bonds. The molecule has 24 heavy (non-hydrogen) atoms. The minimum atomic E-state index is 0.406. The van der Waals surface area contributed by atoms with Gasteiger partial charge in [0.2, 0.25) is 0 Å². The molecule has 0 radical (unpaired) electrons. The molecule has 130 valence electrons. The number of ether oxygens (including phenoxy) is 1. The van der Waals surface area contributed by atoms with Crippen LogP contribution in [-0.4, -0.2) is 42.4 Å². The zero-order valence-electron chi connectivity index (χ0n) is 14.5. The Morgan fingerprint density at radius 3 is 2.50 bits per heavy atom. The summed E-state index contributed by atoms with van der Waals surface area (Å²) in [6, 6.07) is 5.45. The Kier molecular flexibility index (Phi) is 3.33. The van der Waals surface area contributed by atoms with Gasteiger partial charge in [-0.15, -0.1) is 0 Å². The monoisotopic (exact) mass is 328 g/mol. The Morgan fingerprint density at radius 1 is 1.17 bits per heavy atom. The minimum absolute atomic E-state index is 0.406. The molecule has 4 fully saturated rings. The second-order valence-corrected chi connectivity index (χ2v) is 8.58. The third-order valence-corrected chi connectivity index (χ3v) is 6.55. The van der Waals surface area contributed by atoms with Gasteiger partial charge in [0.15, 0.2) is 0 Å². The number of hydrogen-bond donors (Lipinski definition) is 2. The lowest BCUT2D eigenvalue weighted by molar-refractivity contribution is 0.00118. The smallest absolute Gasteiger partial charge is 0.129 e. The van der Waals surface area contributed by atoms with Gasteiger partial charge >= 0.3 is 0 Å². The molecule has 2 atom stereocenters. The molecule has 0 aromatic carbocycles. The SMILES string of the molecule is Cc1nc(N2CC3CCC(C2)O3)ccc1NC1CC2(CC(N)C2)C1. The van der Waals surface area contributed by atoms with Crippen molar-refractivity contribution in [1.29, 1.82) is 0 Å². The van der Waals surface area contributed by atoms with E-state index in [0.29, 0.717) is 29.7 Å². The van der Waals surface area contributed by atoms with Crippen molar-refractivity contribution in [3.8, 4) is 0 Å². The maximum Gasteiger partial charge on any atom is 0.129 e.